The molecule has 0 aliphatic carbocycles. The number of fused-ring (bicyclic) bond motifs is 1. The molecule has 17 heavy (non-hydrogen) atoms. The quantitative estimate of drug-likeness (QED) is 0.868. The second-order valence-corrected chi connectivity index (χ2v) is 4.97. The molecule has 1 N–H and O–H groups in total. The Morgan fingerprint density at radius 3 is 2.71 bits per heavy atom. The molecule has 1 aromatic heterocycles. The van der Waals surface area contributed by atoms with Gasteiger partial charge in [-0.15, -0.1) is 0 Å². The van der Waals surface area contributed by atoms with Crippen LogP contribution in [-0.4, -0.2) is 13.6 Å². The fourth-order valence-corrected chi connectivity index (χ4v) is 2.23. The summed E-state index contributed by atoms with van der Waals surface area (Å²) < 4.78 is 6.00. The molecule has 2 atom stereocenters. The maximum absolute atomic E-state index is 6.00. The molecule has 2 aromatic rings. The Morgan fingerprint density at radius 2 is 2.06 bits per heavy atom. The van der Waals surface area contributed by atoms with Crippen molar-refractivity contribution >= 4 is 11.0 Å². The van der Waals surface area contributed by atoms with Crippen molar-refractivity contribution in [1.82, 2.24) is 5.32 Å². The average Bonchev–Trinajstić information content (AvgIpc) is 2.73. The number of benzene rings is 1. The standard InChI is InChI=1S/C15H21NO/c1-10-6-5-7-13-8-14(17-15(10)13)12(3)11(2)9-16-4/h5-8,11-12,16H,9H2,1-4H3. The lowest BCUT2D eigenvalue weighted by molar-refractivity contribution is 0.399. The number of nitrogens with one attached hydrogen (secondary N) is 1. The van der Waals surface area contributed by atoms with E-state index in [2.05, 4.69) is 50.4 Å². The second kappa shape index (κ2) is 4.92. The molecule has 0 saturated carbocycles. The lowest BCUT2D eigenvalue weighted by Gasteiger charge is -2.17. The smallest absolute Gasteiger partial charge is 0.137 e. The van der Waals surface area contributed by atoms with E-state index in [1.807, 2.05) is 7.05 Å². The molecule has 0 aliphatic heterocycles. The Kier molecular flexibility index (Phi) is 3.53. The summed E-state index contributed by atoms with van der Waals surface area (Å²) in [4.78, 5) is 0. The normalized spacial score (nSPS) is 15.1. The van der Waals surface area contributed by atoms with E-state index in [1.165, 1.54) is 10.9 Å². The number of para-hydroxylation sites is 1. The maximum Gasteiger partial charge on any atom is 0.137 e. The highest BCUT2D eigenvalue weighted by atomic mass is 16.3. The second-order valence-electron chi connectivity index (χ2n) is 4.97. The van der Waals surface area contributed by atoms with Crippen LogP contribution >= 0.6 is 0 Å². The average molecular weight is 231 g/mol. The zero-order chi connectivity index (χ0) is 12.4. The van der Waals surface area contributed by atoms with Crippen molar-refractivity contribution in [2.75, 3.05) is 13.6 Å². The van der Waals surface area contributed by atoms with Gasteiger partial charge in [0, 0.05) is 11.3 Å². The van der Waals surface area contributed by atoms with Gasteiger partial charge in [0.15, 0.2) is 0 Å². The molecule has 0 spiro atoms. The van der Waals surface area contributed by atoms with Gasteiger partial charge in [-0.05, 0) is 38.1 Å². The third-order valence-corrected chi connectivity index (χ3v) is 3.59. The molecule has 2 unspecified atom stereocenters. The van der Waals surface area contributed by atoms with Crippen LogP contribution in [0.2, 0.25) is 0 Å². The Bertz CT molecular complexity index is 501. The fourth-order valence-electron chi connectivity index (χ4n) is 2.23. The van der Waals surface area contributed by atoms with E-state index in [4.69, 9.17) is 4.42 Å². The molecule has 0 amide bonds. The lowest BCUT2D eigenvalue weighted by atomic mass is 9.93. The van der Waals surface area contributed by atoms with Gasteiger partial charge in [-0.25, -0.2) is 0 Å². The van der Waals surface area contributed by atoms with E-state index in [9.17, 15) is 0 Å². The Labute approximate surface area is 103 Å². The molecular weight excluding hydrogens is 210 g/mol. The van der Waals surface area contributed by atoms with Gasteiger partial charge in [-0.2, -0.15) is 0 Å². The first kappa shape index (κ1) is 12.2. The molecule has 92 valence electrons. The van der Waals surface area contributed by atoms with Crippen molar-refractivity contribution in [3.63, 3.8) is 0 Å². The summed E-state index contributed by atoms with van der Waals surface area (Å²) in [6.07, 6.45) is 0. The summed E-state index contributed by atoms with van der Waals surface area (Å²) in [5.74, 6) is 2.10. The molecule has 2 nitrogen and oxygen atoms in total. The monoisotopic (exact) mass is 231 g/mol. The van der Waals surface area contributed by atoms with E-state index in [0.29, 0.717) is 11.8 Å². The van der Waals surface area contributed by atoms with Gasteiger partial charge < -0.3 is 9.73 Å². The molecule has 2 heteroatoms. The topological polar surface area (TPSA) is 25.2 Å². The third-order valence-electron chi connectivity index (χ3n) is 3.59. The van der Waals surface area contributed by atoms with E-state index < -0.39 is 0 Å². The zero-order valence-electron chi connectivity index (χ0n) is 11.1. The Hall–Kier alpha value is -1.28. The van der Waals surface area contributed by atoms with Crippen molar-refractivity contribution in [3.05, 3.63) is 35.6 Å². The first-order chi connectivity index (χ1) is 8.13. The van der Waals surface area contributed by atoms with Crippen molar-refractivity contribution in [2.24, 2.45) is 5.92 Å². The number of hydrogen-bond acceptors (Lipinski definition) is 2. The van der Waals surface area contributed by atoms with Crippen LogP contribution in [0.4, 0.5) is 0 Å². The Balaban J connectivity index is 2.33. The van der Waals surface area contributed by atoms with Crippen LogP contribution in [0.3, 0.4) is 0 Å². The molecular formula is C15H21NO. The van der Waals surface area contributed by atoms with E-state index in [0.717, 1.165) is 17.9 Å². The number of rotatable bonds is 4. The molecule has 1 heterocycles. The summed E-state index contributed by atoms with van der Waals surface area (Å²) in [7, 11) is 1.99. The van der Waals surface area contributed by atoms with Crippen LogP contribution < -0.4 is 5.32 Å². The summed E-state index contributed by atoms with van der Waals surface area (Å²) in [6, 6.07) is 8.47. The van der Waals surface area contributed by atoms with Gasteiger partial charge in [-0.1, -0.05) is 32.0 Å². The highest BCUT2D eigenvalue weighted by Crippen LogP contribution is 2.30. The van der Waals surface area contributed by atoms with E-state index in [-0.39, 0.29) is 0 Å². The predicted octanol–water partition coefficient (Wildman–Crippen LogP) is 3.70. The van der Waals surface area contributed by atoms with Crippen molar-refractivity contribution in [2.45, 2.75) is 26.7 Å². The van der Waals surface area contributed by atoms with Gasteiger partial charge >= 0.3 is 0 Å². The van der Waals surface area contributed by atoms with Gasteiger partial charge in [-0.3, -0.25) is 0 Å². The van der Waals surface area contributed by atoms with E-state index >= 15 is 0 Å². The van der Waals surface area contributed by atoms with Crippen LogP contribution in [-0.2, 0) is 0 Å². The maximum atomic E-state index is 6.00. The molecule has 0 aliphatic rings. The molecule has 0 radical (unpaired) electrons. The lowest BCUT2D eigenvalue weighted by Crippen LogP contribution is -2.20. The molecule has 2 rings (SSSR count). The van der Waals surface area contributed by atoms with Gasteiger partial charge in [0.05, 0.1) is 0 Å². The molecule has 0 saturated heterocycles. The van der Waals surface area contributed by atoms with Crippen molar-refractivity contribution in [3.8, 4) is 0 Å². The number of furan rings is 1. The molecule has 0 bridgehead atoms. The van der Waals surface area contributed by atoms with Crippen LogP contribution in [0.1, 0.15) is 31.1 Å². The third kappa shape index (κ3) is 2.37. The summed E-state index contributed by atoms with van der Waals surface area (Å²) in [6.45, 7) is 7.59. The van der Waals surface area contributed by atoms with Gasteiger partial charge in [0.1, 0.15) is 11.3 Å². The van der Waals surface area contributed by atoms with Gasteiger partial charge in [0.25, 0.3) is 0 Å². The number of hydrogen-bond donors (Lipinski definition) is 1. The first-order valence-corrected chi connectivity index (χ1v) is 6.27. The van der Waals surface area contributed by atoms with Crippen molar-refractivity contribution < 1.29 is 4.42 Å². The number of aryl methyl sites for hydroxylation is 1. The van der Waals surface area contributed by atoms with Gasteiger partial charge in [0.2, 0.25) is 0 Å². The minimum absolute atomic E-state index is 0.439. The summed E-state index contributed by atoms with van der Waals surface area (Å²) in [5.41, 5.74) is 2.24. The molecule has 0 fully saturated rings. The largest absolute Gasteiger partial charge is 0.461 e. The summed E-state index contributed by atoms with van der Waals surface area (Å²) >= 11 is 0. The van der Waals surface area contributed by atoms with Crippen LogP contribution in [0.25, 0.3) is 11.0 Å². The highest BCUT2D eigenvalue weighted by molar-refractivity contribution is 5.81. The van der Waals surface area contributed by atoms with Crippen molar-refractivity contribution in [1.29, 1.82) is 0 Å². The predicted molar refractivity (Wildman–Crippen MR) is 72.5 cm³/mol. The SMILES string of the molecule is CNCC(C)C(C)c1cc2cccc(C)c2o1. The fraction of sp³-hybridized carbons (Fsp3) is 0.467. The molecule has 1 aromatic carbocycles. The highest BCUT2D eigenvalue weighted by Gasteiger charge is 2.18. The summed E-state index contributed by atoms with van der Waals surface area (Å²) in [5, 5.41) is 4.43. The minimum atomic E-state index is 0.439. The first-order valence-electron chi connectivity index (χ1n) is 6.27. The minimum Gasteiger partial charge on any atom is -0.461 e. The zero-order valence-corrected chi connectivity index (χ0v) is 11.1. The Morgan fingerprint density at radius 1 is 1.29 bits per heavy atom. The van der Waals surface area contributed by atoms with Crippen LogP contribution in [0, 0.1) is 12.8 Å². The van der Waals surface area contributed by atoms with Crippen LogP contribution in [0.5, 0.6) is 0 Å². The van der Waals surface area contributed by atoms with Crippen LogP contribution in [0.15, 0.2) is 28.7 Å². The van der Waals surface area contributed by atoms with E-state index in [1.54, 1.807) is 0 Å².